The number of aromatic nitrogens is 3. The average molecular weight is 297 g/mol. The van der Waals surface area contributed by atoms with Crippen LogP contribution in [0.2, 0.25) is 5.02 Å². The van der Waals surface area contributed by atoms with Gasteiger partial charge in [-0.15, -0.1) is 10.2 Å². The third kappa shape index (κ3) is 3.49. The van der Waals surface area contributed by atoms with Crippen LogP contribution in [0.25, 0.3) is 0 Å². The number of rotatable bonds is 5. The molecule has 0 saturated heterocycles. The zero-order chi connectivity index (χ0) is 13.8. The molecule has 102 valence electrons. The number of nitrogens with one attached hydrogen (secondary N) is 1. The van der Waals surface area contributed by atoms with E-state index in [1.54, 1.807) is 11.8 Å². The Kier molecular flexibility index (Phi) is 4.85. The maximum absolute atomic E-state index is 6.09. The van der Waals surface area contributed by atoms with Crippen LogP contribution in [0.5, 0.6) is 0 Å². The molecule has 19 heavy (non-hydrogen) atoms. The normalized spacial score (nSPS) is 10.9. The quantitative estimate of drug-likeness (QED) is 0.921. The van der Waals surface area contributed by atoms with Crippen LogP contribution in [0.1, 0.15) is 18.3 Å². The van der Waals surface area contributed by atoms with Crippen LogP contribution in [-0.4, -0.2) is 21.3 Å². The number of hydrogen-bond acceptors (Lipinski definition) is 4. The lowest BCUT2D eigenvalue weighted by Crippen LogP contribution is -2.12. The fourth-order valence-electron chi connectivity index (χ4n) is 1.60. The number of benzene rings is 1. The van der Waals surface area contributed by atoms with E-state index in [1.807, 2.05) is 30.7 Å². The van der Waals surface area contributed by atoms with Crippen LogP contribution in [0.4, 0.5) is 0 Å². The minimum Gasteiger partial charge on any atom is -0.313 e. The summed E-state index contributed by atoms with van der Waals surface area (Å²) in [6, 6.07) is 5.94. The van der Waals surface area contributed by atoms with Crippen molar-refractivity contribution in [2.24, 2.45) is 7.05 Å². The van der Waals surface area contributed by atoms with Gasteiger partial charge in [0.25, 0.3) is 0 Å². The van der Waals surface area contributed by atoms with Gasteiger partial charge in [0.05, 0.1) is 0 Å². The van der Waals surface area contributed by atoms with Crippen molar-refractivity contribution in [3.63, 3.8) is 0 Å². The van der Waals surface area contributed by atoms with Crippen molar-refractivity contribution in [3.05, 3.63) is 34.6 Å². The zero-order valence-corrected chi connectivity index (χ0v) is 12.8. The lowest BCUT2D eigenvalue weighted by atomic mass is 10.2. The minimum atomic E-state index is 0.738. The van der Waals surface area contributed by atoms with Crippen molar-refractivity contribution >= 4 is 23.4 Å². The second-order valence-electron chi connectivity index (χ2n) is 4.22. The van der Waals surface area contributed by atoms with Crippen molar-refractivity contribution < 1.29 is 0 Å². The fourth-order valence-corrected chi connectivity index (χ4v) is 2.85. The molecule has 0 aliphatic rings. The molecule has 2 rings (SSSR count). The summed E-state index contributed by atoms with van der Waals surface area (Å²) in [5.41, 5.74) is 1.22. The molecular formula is C13H17ClN4S. The molecule has 0 spiro atoms. The Hall–Kier alpha value is -1.04. The molecule has 0 saturated carbocycles. The molecule has 0 unspecified atom stereocenters. The smallest absolute Gasteiger partial charge is 0.195 e. The predicted octanol–water partition coefficient (Wildman–Crippen LogP) is 3.04. The van der Waals surface area contributed by atoms with Crippen LogP contribution in [0.3, 0.4) is 0 Å². The van der Waals surface area contributed by atoms with E-state index < -0.39 is 0 Å². The Morgan fingerprint density at radius 3 is 2.79 bits per heavy atom. The highest BCUT2D eigenvalue weighted by Crippen LogP contribution is 2.31. The van der Waals surface area contributed by atoms with Crippen molar-refractivity contribution in [1.29, 1.82) is 0 Å². The molecule has 1 N–H and O–H groups in total. The number of hydrogen-bond donors (Lipinski definition) is 1. The van der Waals surface area contributed by atoms with Gasteiger partial charge < -0.3 is 9.88 Å². The topological polar surface area (TPSA) is 42.7 Å². The molecule has 1 aromatic carbocycles. The number of aryl methyl sites for hydroxylation is 1. The first-order valence-corrected chi connectivity index (χ1v) is 7.34. The summed E-state index contributed by atoms with van der Waals surface area (Å²) in [5, 5.41) is 13.2. The molecule has 0 aliphatic carbocycles. The number of halogens is 1. The second kappa shape index (κ2) is 6.41. The lowest BCUT2D eigenvalue weighted by Gasteiger charge is -2.09. The fraction of sp³-hybridized carbons (Fsp3) is 0.385. The zero-order valence-electron chi connectivity index (χ0n) is 11.3. The highest BCUT2D eigenvalue weighted by atomic mass is 35.5. The first-order valence-electron chi connectivity index (χ1n) is 6.14. The van der Waals surface area contributed by atoms with E-state index >= 15 is 0 Å². The highest BCUT2D eigenvalue weighted by molar-refractivity contribution is 7.99. The van der Waals surface area contributed by atoms with E-state index in [-0.39, 0.29) is 0 Å². The monoisotopic (exact) mass is 296 g/mol. The summed E-state index contributed by atoms with van der Waals surface area (Å²) in [5.74, 6) is 0.901. The first kappa shape index (κ1) is 14.4. The largest absolute Gasteiger partial charge is 0.313 e. The Labute approximate surface area is 122 Å². The molecule has 0 fully saturated rings. The molecule has 6 heteroatoms. The maximum Gasteiger partial charge on any atom is 0.195 e. The third-order valence-corrected chi connectivity index (χ3v) is 4.22. The third-order valence-electron chi connectivity index (χ3n) is 2.85. The van der Waals surface area contributed by atoms with Gasteiger partial charge in [-0.2, -0.15) is 0 Å². The van der Waals surface area contributed by atoms with Crippen LogP contribution in [-0.2, 0) is 13.6 Å². The molecule has 0 aliphatic heterocycles. The van der Waals surface area contributed by atoms with Gasteiger partial charge in [-0.05, 0) is 42.9 Å². The van der Waals surface area contributed by atoms with Gasteiger partial charge in [0, 0.05) is 23.5 Å². The predicted molar refractivity (Wildman–Crippen MR) is 78.7 cm³/mol. The SMILES string of the molecule is CCNCc1ccc(Cl)cc1Sc1nnc(C)n1C. The lowest BCUT2D eigenvalue weighted by molar-refractivity contribution is 0.717. The van der Waals surface area contributed by atoms with Gasteiger partial charge in [-0.1, -0.05) is 24.6 Å². The van der Waals surface area contributed by atoms with Crippen molar-refractivity contribution in [1.82, 2.24) is 20.1 Å². The van der Waals surface area contributed by atoms with Gasteiger partial charge in [0.2, 0.25) is 0 Å². The first-order chi connectivity index (χ1) is 9.11. The second-order valence-corrected chi connectivity index (χ2v) is 5.67. The summed E-state index contributed by atoms with van der Waals surface area (Å²) in [6.45, 7) is 5.80. The molecule has 1 heterocycles. The molecule has 2 aromatic rings. The minimum absolute atomic E-state index is 0.738. The summed E-state index contributed by atoms with van der Waals surface area (Å²) < 4.78 is 1.97. The highest BCUT2D eigenvalue weighted by Gasteiger charge is 2.10. The van der Waals surface area contributed by atoms with Crippen molar-refractivity contribution in [3.8, 4) is 0 Å². The van der Waals surface area contributed by atoms with Crippen LogP contribution < -0.4 is 5.32 Å². The van der Waals surface area contributed by atoms with Crippen LogP contribution in [0, 0.1) is 6.92 Å². The Bertz CT molecular complexity index is 568. The van der Waals surface area contributed by atoms with Crippen LogP contribution >= 0.6 is 23.4 Å². The van der Waals surface area contributed by atoms with Gasteiger partial charge in [0.1, 0.15) is 5.82 Å². The molecule has 0 amide bonds. The molecule has 0 bridgehead atoms. The van der Waals surface area contributed by atoms with E-state index in [2.05, 4.69) is 28.5 Å². The van der Waals surface area contributed by atoms with E-state index in [4.69, 9.17) is 11.6 Å². The summed E-state index contributed by atoms with van der Waals surface area (Å²) in [4.78, 5) is 1.11. The van der Waals surface area contributed by atoms with Gasteiger partial charge in [0.15, 0.2) is 5.16 Å². The molecular weight excluding hydrogens is 280 g/mol. The summed E-state index contributed by atoms with van der Waals surface area (Å²) in [7, 11) is 1.96. The molecule has 4 nitrogen and oxygen atoms in total. The number of nitrogens with zero attached hydrogens (tertiary/aromatic N) is 3. The standard InChI is InChI=1S/C13H17ClN4S/c1-4-15-8-10-5-6-11(14)7-12(10)19-13-17-16-9(2)18(13)3/h5-7,15H,4,8H2,1-3H3. The molecule has 0 atom stereocenters. The van der Waals surface area contributed by atoms with Crippen LogP contribution in [0.15, 0.2) is 28.3 Å². The van der Waals surface area contributed by atoms with E-state index in [0.717, 1.165) is 34.0 Å². The Morgan fingerprint density at radius 1 is 1.37 bits per heavy atom. The summed E-state index contributed by atoms with van der Waals surface area (Å²) >= 11 is 7.68. The van der Waals surface area contributed by atoms with E-state index in [1.165, 1.54) is 5.56 Å². The maximum atomic E-state index is 6.09. The van der Waals surface area contributed by atoms with Gasteiger partial charge in [-0.25, -0.2) is 0 Å². The molecule has 1 aromatic heterocycles. The average Bonchev–Trinajstić information content (AvgIpc) is 2.70. The van der Waals surface area contributed by atoms with Gasteiger partial charge in [-0.3, -0.25) is 0 Å². The molecule has 0 radical (unpaired) electrons. The van der Waals surface area contributed by atoms with Crippen molar-refractivity contribution in [2.45, 2.75) is 30.4 Å². The van der Waals surface area contributed by atoms with E-state index in [0.29, 0.717) is 0 Å². The Balaban J connectivity index is 2.27. The van der Waals surface area contributed by atoms with Gasteiger partial charge >= 0.3 is 0 Å². The van der Waals surface area contributed by atoms with E-state index in [9.17, 15) is 0 Å². The Morgan fingerprint density at radius 2 is 2.16 bits per heavy atom. The van der Waals surface area contributed by atoms with Crippen molar-refractivity contribution in [2.75, 3.05) is 6.54 Å². The summed E-state index contributed by atoms with van der Waals surface area (Å²) in [6.07, 6.45) is 0.